The van der Waals surface area contributed by atoms with Gasteiger partial charge in [0.2, 0.25) is 21.7 Å². The molecule has 2 aromatic carbocycles. The zero-order valence-electron chi connectivity index (χ0n) is 22.5. The van der Waals surface area contributed by atoms with Gasteiger partial charge >= 0.3 is 0 Å². The molecule has 38 heavy (non-hydrogen) atoms. The average Bonchev–Trinajstić information content (AvgIpc) is 2.96. The van der Waals surface area contributed by atoms with E-state index in [0.29, 0.717) is 43.4 Å². The molecule has 1 amide bonds. The highest BCUT2D eigenvalue weighted by molar-refractivity contribution is 7.89. The predicted octanol–water partition coefficient (Wildman–Crippen LogP) is 3.14. The number of nitrogens with zero attached hydrogens (tertiary/aromatic N) is 2. The van der Waals surface area contributed by atoms with Crippen molar-refractivity contribution in [2.24, 2.45) is 11.8 Å². The maximum atomic E-state index is 13.2. The van der Waals surface area contributed by atoms with Crippen molar-refractivity contribution in [1.82, 2.24) is 14.5 Å². The molecule has 208 valence electrons. The van der Waals surface area contributed by atoms with Crippen LogP contribution in [0.15, 0.2) is 47.4 Å². The number of methoxy groups -OCH3 is 3. The van der Waals surface area contributed by atoms with Crippen LogP contribution >= 0.6 is 0 Å². The molecular formula is C28H39N3O6S. The Bertz CT molecular complexity index is 1170. The van der Waals surface area contributed by atoms with Gasteiger partial charge in [-0.25, -0.2) is 13.1 Å². The first kappa shape index (κ1) is 28.2. The molecular weight excluding hydrogens is 506 g/mol. The van der Waals surface area contributed by atoms with Crippen LogP contribution in [0.25, 0.3) is 0 Å². The van der Waals surface area contributed by atoms with Gasteiger partial charge in [-0.05, 0) is 49.8 Å². The fourth-order valence-corrected chi connectivity index (χ4v) is 6.57. The van der Waals surface area contributed by atoms with Crippen molar-refractivity contribution in [3.05, 3.63) is 48.0 Å². The number of hydrogen-bond acceptors (Lipinski definition) is 7. The monoisotopic (exact) mass is 545 g/mol. The van der Waals surface area contributed by atoms with Gasteiger partial charge in [0.25, 0.3) is 0 Å². The van der Waals surface area contributed by atoms with E-state index in [9.17, 15) is 13.2 Å². The van der Waals surface area contributed by atoms with Gasteiger partial charge in [0.1, 0.15) is 0 Å². The average molecular weight is 546 g/mol. The summed E-state index contributed by atoms with van der Waals surface area (Å²) < 4.78 is 44.3. The van der Waals surface area contributed by atoms with Gasteiger partial charge in [-0.1, -0.05) is 24.3 Å². The minimum atomic E-state index is -3.50. The topological polar surface area (TPSA) is 97.4 Å². The van der Waals surface area contributed by atoms with Crippen molar-refractivity contribution >= 4 is 15.9 Å². The molecule has 0 aromatic heterocycles. The van der Waals surface area contributed by atoms with E-state index in [2.05, 4.69) is 9.62 Å². The van der Waals surface area contributed by atoms with Gasteiger partial charge < -0.3 is 19.1 Å². The second kappa shape index (κ2) is 12.8. The van der Waals surface area contributed by atoms with Crippen molar-refractivity contribution in [2.45, 2.75) is 37.1 Å². The van der Waals surface area contributed by atoms with Gasteiger partial charge in [-0.3, -0.25) is 9.69 Å². The molecule has 0 atom stereocenters. The van der Waals surface area contributed by atoms with Crippen LogP contribution in [0, 0.1) is 11.8 Å². The first-order valence-corrected chi connectivity index (χ1v) is 14.7. The molecule has 0 bridgehead atoms. The highest BCUT2D eigenvalue weighted by Gasteiger charge is 2.32. The van der Waals surface area contributed by atoms with Crippen LogP contribution in [0.3, 0.4) is 0 Å². The van der Waals surface area contributed by atoms with E-state index in [0.717, 1.165) is 44.3 Å². The van der Waals surface area contributed by atoms with Crippen LogP contribution in [0.5, 0.6) is 17.2 Å². The lowest BCUT2D eigenvalue weighted by Crippen LogP contribution is -2.50. The quantitative estimate of drug-likeness (QED) is 0.490. The van der Waals surface area contributed by atoms with E-state index in [1.807, 2.05) is 17.0 Å². The van der Waals surface area contributed by atoms with Gasteiger partial charge in [0.05, 0.1) is 26.2 Å². The SMILES string of the molecule is COc1ccc(CN2CCN(C(=O)C3CCC(CNS(=O)(=O)c4ccccc4)CC3)CC2)c(OC)c1OC. The normalized spacial score (nSPS) is 20.7. The summed E-state index contributed by atoms with van der Waals surface area (Å²) in [6.07, 6.45) is 3.32. The van der Waals surface area contributed by atoms with E-state index >= 15 is 0 Å². The summed E-state index contributed by atoms with van der Waals surface area (Å²) in [6, 6.07) is 12.3. The highest BCUT2D eigenvalue weighted by atomic mass is 32.2. The van der Waals surface area contributed by atoms with E-state index in [1.54, 1.807) is 51.7 Å². The largest absolute Gasteiger partial charge is 0.493 e. The fourth-order valence-electron chi connectivity index (χ4n) is 5.44. The molecule has 4 rings (SSSR count). The van der Waals surface area contributed by atoms with Crippen molar-refractivity contribution in [2.75, 3.05) is 54.1 Å². The standard InChI is InChI=1S/C28H39N3O6S/c1-35-25-14-13-23(26(36-2)27(25)37-3)20-30-15-17-31(18-16-30)28(32)22-11-9-21(10-12-22)19-29-38(33,34)24-7-5-4-6-8-24/h4-8,13-14,21-22,29H,9-12,15-20H2,1-3H3. The number of ether oxygens (including phenoxy) is 3. The van der Waals surface area contributed by atoms with Gasteiger partial charge in [0, 0.05) is 50.7 Å². The number of rotatable bonds is 10. The number of carbonyl (C=O) groups is 1. The summed E-state index contributed by atoms with van der Waals surface area (Å²) in [5.41, 5.74) is 1.02. The lowest BCUT2D eigenvalue weighted by molar-refractivity contribution is -0.138. The van der Waals surface area contributed by atoms with Crippen LogP contribution in [-0.4, -0.2) is 78.2 Å². The minimum absolute atomic E-state index is 0.0227. The number of amides is 1. The fraction of sp³-hybridized carbons (Fsp3) is 0.536. The molecule has 0 radical (unpaired) electrons. The Labute approximate surface area is 226 Å². The highest BCUT2D eigenvalue weighted by Crippen LogP contribution is 2.40. The van der Waals surface area contributed by atoms with E-state index in [-0.39, 0.29) is 22.6 Å². The summed E-state index contributed by atoms with van der Waals surface area (Å²) in [5.74, 6) is 2.40. The molecule has 0 unspecified atom stereocenters. The lowest BCUT2D eigenvalue weighted by Gasteiger charge is -2.38. The lowest BCUT2D eigenvalue weighted by atomic mass is 9.81. The molecule has 1 saturated heterocycles. The summed E-state index contributed by atoms with van der Waals surface area (Å²) in [6.45, 7) is 4.10. The third-order valence-corrected chi connectivity index (χ3v) is 9.11. The van der Waals surface area contributed by atoms with Crippen LogP contribution in [0.2, 0.25) is 0 Å². The molecule has 1 aliphatic carbocycles. The number of sulfonamides is 1. The number of nitrogens with one attached hydrogen (secondary N) is 1. The Balaban J connectivity index is 1.23. The summed E-state index contributed by atoms with van der Waals surface area (Å²) in [4.78, 5) is 17.8. The Morgan fingerprint density at radius 1 is 0.868 bits per heavy atom. The molecule has 2 aliphatic rings. The number of hydrogen-bond donors (Lipinski definition) is 1. The molecule has 0 spiro atoms. The number of carbonyl (C=O) groups excluding carboxylic acids is 1. The van der Waals surface area contributed by atoms with Crippen LogP contribution in [0.4, 0.5) is 0 Å². The molecule has 2 fully saturated rings. The van der Waals surface area contributed by atoms with Crippen molar-refractivity contribution in [3.8, 4) is 17.2 Å². The molecule has 9 nitrogen and oxygen atoms in total. The second-order valence-electron chi connectivity index (χ2n) is 9.98. The Kier molecular flexibility index (Phi) is 9.51. The molecule has 2 aromatic rings. The summed E-state index contributed by atoms with van der Waals surface area (Å²) >= 11 is 0. The molecule has 10 heteroatoms. The van der Waals surface area contributed by atoms with E-state index in [1.165, 1.54) is 0 Å². The first-order valence-electron chi connectivity index (χ1n) is 13.2. The van der Waals surface area contributed by atoms with Gasteiger partial charge in [-0.15, -0.1) is 0 Å². The van der Waals surface area contributed by atoms with Crippen LogP contribution in [-0.2, 0) is 21.4 Å². The first-order chi connectivity index (χ1) is 18.4. The minimum Gasteiger partial charge on any atom is -0.493 e. The zero-order valence-corrected chi connectivity index (χ0v) is 23.3. The third kappa shape index (κ3) is 6.59. The summed E-state index contributed by atoms with van der Waals surface area (Å²) in [7, 11) is 1.34. The Hall–Kier alpha value is -2.82. The number of benzene rings is 2. The smallest absolute Gasteiger partial charge is 0.240 e. The van der Waals surface area contributed by atoms with Crippen molar-refractivity contribution in [3.63, 3.8) is 0 Å². The Morgan fingerprint density at radius 3 is 2.13 bits per heavy atom. The van der Waals surface area contributed by atoms with Gasteiger partial charge in [-0.2, -0.15) is 0 Å². The number of piperazine rings is 1. The van der Waals surface area contributed by atoms with E-state index < -0.39 is 10.0 Å². The van der Waals surface area contributed by atoms with E-state index in [4.69, 9.17) is 14.2 Å². The molecule has 1 saturated carbocycles. The second-order valence-corrected chi connectivity index (χ2v) is 11.7. The van der Waals surface area contributed by atoms with Crippen LogP contribution in [0.1, 0.15) is 31.2 Å². The summed E-state index contributed by atoms with van der Waals surface area (Å²) in [5, 5.41) is 0. The van der Waals surface area contributed by atoms with Crippen molar-refractivity contribution < 1.29 is 27.4 Å². The zero-order chi connectivity index (χ0) is 27.1. The maximum absolute atomic E-state index is 13.2. The molecule has 1 heterocycles. The third-order valence-electron chi connectivity index (χ3n) is 7.68. The van der Waals surface area contributed by atoms with Crippen LogP contribution < -0.4 is 18.9 Å². The predicted molar refractivity (Wildman–Crippen MR) is 145 cm³/mol. The van der Waals surface area contributed by atoms with Crippen molar-refractivity contribution in [1.29, 1.82) is 0 Å². The molecule has 1 aliphatic heterocycles. The maximum Gasteiger partial charge on any atom is 0.240 e. The molecule has 1 N–H and O–H groups in total. The van der Waals surface area contributed by atoms with Gasteiger partial charge in [0.15, 0.2) is 11.5 Å². The Morgan fingerprint density at radius 2 is 1.53 bits per heavy atom.